The zero-order chi connectivity index (χ0) is 18.6. The van der Waals surface area contributed by atoms with E-state index < -0.39 is 16.1 Å². The van der Waals surface area contributed by atoms with Crippen LogP contribution in [0.25, 0.3) is 0 Å². The number of fused-ring (bicyclic) bond motifs is 1. The Kier molecular flexibility index (Phi) is 5.46. The molecule has 2 aromatic carbocycles. The molecule has 0 fully saturated rings. The summed E-state index contributed by atoms with van der Waals surface area (Å²) in [6, 6.07) is 16.5. The Labute approximate surface area is 153 Å². The van der Waals surface area contributed by atoms with Gasteiger partial charge in [0.15, 0.2) is 6.10 Å². The van der Waals surface area contributed by atoms with Gasteiger partial charge in [0.1, 0.15) is 5.75 Å². The van der Waals surface area contributed by atoms with E-state index in [2.05, 4.69) is 5.32 Å². The number of hydrogen-bond acceptors (Lipinski definition) is 4. The summed E-state index contributed by atoms with van der Waals surface area (Å²) in [6.07, 6.45) is 0.0107. The van der Waals surface area contributed by atoms with E-state index in [4.69, 9.17) is 4.74 Å². The van der Waals surface area contributed by atoms with Gasteiger partial charge >= 0.3 is 0 Å². The molecule has 0 radical (unpaired) electrons. The maximum Gasteiger partial charge on any atom is 0.260 e. The smallest absolute Gasteiger partial charge is 0.260 e. The molecular formula is C19H22N2O4S. The number of para-hydroxylation sites is 2. The van der Waals surface area contributed by atoms with Gasteiger partial charge in [-0.3, -0.25) is 9.10 Å². The summed E-state index contributed by atoms with van der Waals surface area (Å²) in [5.74, 6) is 0.104. The molecule has 7 heteroatoms. The largest absolute Gasteiger partial charge is 0.481 e. The van der Waals surface area contributed by atoms with Crippen LogP contribution in [0.2, 0.25) is 0 Å². The van der Waals surface area contributed by atoms with Crippen molar-refractivity contribution >= 4 is 21.6 Å². The fourth-order valence-electron chi connectivity index (χ4n) is 2.91. The molecule has 1 atom stereocenters. The van der Waals surface area contributed by atoms with Crippen LogP contribution in [0.15, 0.2) is 54.6 Å². The van der Waals surface area contributed by atoms with Crippen molar-refractivity contribution in [3.05, 3.63) is 60.2 Å². The van der Waals surface area contributed by atoms with Crippen LogP contribution in [0.4, 0.5) is 5.69 Å². The predicted molar refractivity (Wildman–Crippen MR) is 101 cm³/mol. The van der Waals surface area contributed by atoms with E-state index in [9.17, 15) is 13.2 Å². The van der Waals surface area contributed by atoms with E-state index in [1.165, 1.54) is 4.31 Å². The maximum atomic E-state index is 12.6. The Balaban J connectivity index is 1.52. The van der Waals surface area contributed by atoms with Gasteiger partial charge in [0.25, 0.3) is 5.91 Å². The number of anilines is 1. The Hall–Kier alpha value is -2.54. The number of amides is 1. The third-order valence-electron chi connectivity index (χ3n) is 4.26. The van der Waals surface area contributed by atoms with Crippen LogP contribution in [0.3, 0.4) is 0 Å². The summed E-state index contributed by atoms with van der Waals surface area (Å²) in [5.41, 5.74) is 1.77. The highest BCUT2D eigenvalue weighted by atomic mass is 32.2. The molecule has 1 amide bonds. The average molecular weight is 374 g/mol. The summed E-state index contributed by atoms with van der Waals surface area (Å²) < 4.78 is 32.1. The topological polar surface area (TPSA) is 75.7 Å². The Bertz CT molecular complexity index is 868. The Morgan fingerprint density at radius 2 is 1.85 bits per heavy atom. The van der Waals surface area contributed by atoms with Crippen molar-refractivity contribution in [1.29, 1.82) is 0 Å². The molecule has 1 N–H and O–H groups in total. The number of carbonyl (C=O) groups excluding carboxylic acids is 1. The third-order valence-corrected chi connectivity index (χ3v) is 6.04. The van der Waals surface area contributed by atoms with Crippen LogP contribution in [0.5, 0.6) is 5.75 Å². The van der Waals surface area contributed by atoms with Gasteiger partial charge in [0.05, 0.1) is 11.4 Å². The van der Waals surface area contributed by atoms with Crippen molar-refractivity contribution in [2.75, 3.05) is 23.1 Å². The van der Waals surface area contributed by atoms with Gasteiger partial charge in [-0.05, 0) is 37.1 Å². The molecule has 0 aromatic heterocycles. The highest BCUT2D eigenvalue weighted by Crippen LogP contribution is 2.29. The standard InChI is InChI=1S/C19H22N2O4S/c1-15(25-17-8-3-2-4-9-17)19(22)20-12-14-26(23,24)21-13-11-16-7-5-6-10-18(16)21/h2-10,15H,11-14H2,1H3,(H,20,22). The van der Waals surface area contributed by atoms with E-state index in [0.717, 1.165) is 11.3 Å². The maximum absolute atomic E-state index is 12.6. The zero-order valence-electron chi connectivity index (χ0n) is 14.6. The number of hydrogen-bond donors (Lipinski definition) is 1. The first-order valence-electron chi connectivity index (χ1n) is 8.55. The number of nitrogens with one attached hydrogen (secondary N) is 1. The molecule has 1 heterocycles. The molecule has 6 nitrogen and oxygen atoms in total. The van der Waals surface area contributed by atoms with Crippen molar-refractivity contribution in [1.82, 2.24) is 5.32 Å². The summed E-state index contributed by atoms with van der Waals surface area (Å²) in [4.78, 5) is 12.1. The first kappa shape index (κ1) is 18.3. The van der Waals surface area contributed by atoms with Crippen molar-refractivity contribution in [3.63, 3.8) is 0 Å². The molecule has 138 valence electrons. The minimum absolute atomic E-state index is 0.0440. The molecule has 0 saturated carbocycles. The van der Waals surface area contributed by atoms with Gasteiger partial charge < -0.3 is 10.1 Å². The van der Waals surface area contributed by atoms with Gasteiger partial charge in [-0.1, -0.05) is 36.4 Å². The fraction of sp³-hybridized carbons (Fsp3) is 0.316. The molecule has 26 heavy (non-hydrogen) atoms. The zero-order valence-corrected chi connectivity index (χ0v) is 15.4. The van der Waals surface area contributed by atoms with Gasteiger partial charge in [-0.25, -0.2) is 8.42 Å². The minimum Gasteiger partial charge on any atom is -0.481 e. The lowest BCUT2D eigenvalue weighted by molar-refractivity contribution is -0.127. The normalized spacial score (nSPS) is 14.6. The number of sulfonamides is 1. The van der Waals surface area contributed by atoms with Crippen molar-refractivity contribution in [2.24, 2.45) is 0 Å². The van der Waals surface area contributed by atoms with Crippen molar-refractivity contribution in [3.8, 4) is 5.75 Å². The Morgan fingerprint density at radius 3 is 2.62 bits per heavy atom. The SMILES string of the molecule is CC(Oc1ccccc1)C(=O)NCCS(=O)(=O)N1CCc2ccccc21. The van der Waals surface area contributed by atoms with Gasteiger partial charge in [0.2, 0.25) is 10.0 Å². The van der Waals surface area contributed by atoms with Crippen molar-refractivity contribution in [2.45, 2.75) is 19.4 Å². The lowest BCUT2D eigenvalue weighted by atomic mass is 10.2. The van der Waals surface area contributed by atoms with Crippen LogP contribution in [0, 0.1) is 0 Å². The summed E-state index contributed by atoms with van der Waals surface area (Å²) in [5, 5.41) is 2.64. The molecule has 3 rings (SSSR count). The van der Waals surface area contributed by atoms with Crippen LogP contribution in [-0.2, 0) is 21.2 Å². The molecular weight excluding hydrogens is 352 g/mol. The van der Waals surface area contributed by atoms with E-state index >= 15 is 0 Å². The minimum atomic E-state index is -3.48. The lowest BCUT2D eigenvalue weighted by Gasteiger charge is -2.20. The number of nitrogens with zero attached hydrogens (tertiary/aromatic N) is 1. The fourth-order valence-corrected chi connectivity index (χ4v) is 4.34. The molecule has 2 aromatic rings. The van der Waals surface area contributed by atoms with Crippen LogP contribution < -0.4 is 14.4 Å². The first-order chi connectivity index (χ1) is 12.5. The summed E-state index contributed by atoms with van der Waals surface area (Å²) in [6.45, 7) is 2.12. The molecule has 1 aliphatic rings. The summed E-state index contributed by atoms with van der Waals surface area (Å²) in [7, 11) is -3.48. The quantitative estimate of drug-likeness (QED) is 0.804. The van der Waals surface area contributed by atoms with E-state index in [-0.39, 0.29) is 18.2 Å². The molecule has 1 aliphatic heterocycles. The van der Waals surface area contributed by atoms with Crippen molar-refractivity contribution < 1.29 is 17.9 Å². The van der Waals surface area contributed by atoms with E-state index in [0.29, 0.717) is 18.7 Å². The van der Waals surface area contributed by atoms with Gasteiger partial charge in [-0.15, -0.1) is 0 Å². The monoisotopic (exact) mass is 374 g/mol. The molecule has 0 aliphatic carbocycles. The van der Waals surface area contributed by atoms with Crippen LogP contribution in [-0.4, -0.2) is 39.3 Å². The van der Waals surface area contributed by atoms with E-state index in [1.54, 1.807) is 19.1 Å². The highest BCUT2D eigenvalue weighted by molar-refractivity contribution is 7.92. The number of ether oxygens (including phenoxy) is 1. The molecule has 0 bridgehead atoms. The molecule has 0 saturated heterocycles. The molecule has 0 spiro atoms. The second kappa shape index (κ2) is 7.78. The lowest BCUT2D eigenvalue weighted by Crippen LogP contribution is -2.41. The van der Waals surface area contributed by atoms with Gasteiger partial charge in [-0.2, -0.15) is 0 Å². The second-order valence-corrected chi connectivity index (χ2v) is 8.14. The first-order valence-corrected chi connectivity index (χ1v) is 10.2. The summed E-state index contributed by atoms with van der Waals surface area (Å²) >= 11 is 0. The second-order valence-electron chi connectivity index (χ2n) is 6.13. The molecule has 1 unspecified atom stereocenters. The van der Waals surface area contributed by atoms with Gasteiger partial charge in [0, 0.05) is 13.1 Å². The number of carbonyl (C=O) groups is 1. The number of benzene rings is 2. The number of rotatable bonds is 7. The van der Waals surface area contributed by atoms with E-state index in [1.807, 2.05) is 42.5 Å². The van der Waals surface area contributed by atoms with Crippen LogP contribution in [0.1, 0.15) is 12.5 Å². The van der Waals surface area contributed by atoms with Crippen LogP contribution >= 0.6 is 0 Å². The average Bonchev–Trinajstić information content (AvgIpc) is 3.07. The Morgan fingerprint density at radius 1 is 1.15 bits per heavy atom. The predicted octanol–water partition coefficient (Wildman–Crippen LogP) is 1.96. The highest BCUT2D eigenvalue weighted by Gasteiger charge is 2.29. The third kappa shape index (κ3) is 4.16.